The number of hydrogen-bond donors (Lipinski definition) is 4. The molecule has 0 unspecified atom stereocenters. The number of rotatable bonds is 10. The topological polar surface area (TPSA) is 139 Å². The summed E-state index contributed by atoms with van der Waals surface area (Å²) in [7, 11) is 0. The first-order chi connectivity index (χ1) is 10.6. The van der Waals surface area contributed by atoms with Crippen LogP contribution in [0, 0.1) is 11.8 Å². The Bertz CT molecular complexity index is 437. The minimum absolute atomic E-state index is 0.152. The number of amides is 2. The van der Waals surface area contributed by atoms with E-state index in [0.29, 0.717) is 12.7 Å². The van der Waals surface area contributed by atoms with E-state index in [4.69, 9.17) is 10.8 Å². The first kappa shape index (κ1) is 21.0. The number of nitrogens with two attached hydrogens (primary N) is 1. The van der Waals surface area contributed by atoms with Gasteiger partial charge in [0.15, 0.2) is 0 Å². The molecule has 0 aliphatic heterocycles. The molecule has 8 heteroatoms. The lowest BCUT2D eigenvalue weighted by Crippen LogP contribution is -2.55. The van der Waals surface area contributed by atoms with E-state index >= 15 is 0 Å². The Labute approximate surface area is 136 Å². The highest BCUT2D eigenvalue weighted by Gasteiger charge is 2.28. The Morgan fingerprint density at radius 3 is 2.04 bits per heavy atom. The summed E-state index contributed by atoms with van der Waals surface area (Å²) < 4.78 is 0. The largest absolute Gasteiger partial charge is 0.481 e. The number of carbonyl (C=O) groups is 4. The smallest absolute Gasteiger partial charge is 0.305 e. The van der Waals surface area contributed by atoms with Gasteiger partial charge in [-0.3, -0.25) is 14.4 Å². The molecule has 0 aromatic carbocycles. The molecule has 0 radical (unpaired) electrons. The van der Waals surface area contributed by atoms with Crippen molar-refractivity contribution in [1.29, 1.82) is 0 Å². The molecule has 0 spiro atoms. The number of hydrogen-bond acceptors (Lipinski definition) is 5. The van der Waals surface area contributed by atoms with E-state index < -0.39 is 42.3 Å². The Kier molecular flexibility index (Phi) is 9.09. The molecule has 3 atom stereocenters. The van der Waals surface area contributed by atoms with Crippen LogP contribution in [-0.2, 0) is 19.2 Å². The van der Waals surface area contributed by atoms with Crippen LogP contribution >= 0.6 is 0 Å². The highest BCUT2D eigenvalue weighted by molar-refractivity contribution is 5.93. The van der Waals surface area contributed by atoms with Crippen molar-refractivity contribution in [2.24, 2.45) is 17.6 Å². The molecule has 0 heterocycles. The van der Waals surface area contributed by atoms with Gasteiger partial charge in [0.25, 0.3) is 0 Å². The summed E-state index contributed by atoms with van der Waals surface area (Å²) in [5, 5.41) is 13.7. The van der Waals surface area contributed by atoms with Gasteiger partial charge in [-0.15, -0.1) is 0 Å². The summed E-state index contributed by atoms with van der Waals surface area (Å²) in [4.78, 5) is 46.0. The zero-order valence-corrected chi connectivity index (χ0v) is 14.0. The van der Waals surface area contributed by atoms with Gasteiger partial charge < -0.3 is 26.3 Å². The van der Waals surface area contributed by atoms with Crippen molar-refractivity contribution < 1.29 is 24.3 Å². The van der Waals surface area contributed by atoms with E-state index in [9.17, 15) is 19.2 Å². The summed E-state index contributed by atoms with van der Waals surface area (Å²) in [6, 6.07) is -2.86. The number of nitrogens with one attached hydrogen (secondary N) is 2. The summed E-state index contributed by atoms with van der Waals surface area (Å²) >= 11 is 0. The van der Waals surface area contributed by atoms with E-state index in [2.05, 4.69) is 10.6 Å². The Balaban J connectivity index is 4.93. The first-order valence-corrected chi connectivity index (χ1v) is 7.61. The molecular formula is C15H27N3O5. The summed E-state index contributed by atoms with van der Waals surface area (Å²) in [5.74, 6) is -2.52. The minimum Gasteiger partial charge on any atom is -0.481 e. The van der Waals surface area contributed by atoms with Crippen LogP contribution in [0.1, 0.15) is 40.5 Å². The maximum absolute atomic E-state index is 12.1. The molecule has 0 saturated heterocycles. The van der Waals surface area contributed by atoms with Gasteiger partial charge in [0, 0.05) is 0 Å². The first-order valence-electron chi connectivity index (χ1n) is 7.61. The van der Waals surface area contributed by atoms with Crippen LogP contribution in [0.3, 0.4) is 0 Å². The molecular weight excluding hydrogens is 302 g/mol. The van der Waals surface area contributed by atoms with Crippen molar-refractivity contribution in [3.63, 3.8) is 0 Å². The van der Waals surface area contributed by atoms with Gasteiger partial charge in [-0.25, -0.2) is 0 Å². The quantitative estimate of drug-likeness (QED) is 0.404. The van der Waals surface area contributed by atoms with Gasteiger partial charge in [0.05, 0.1) is 18.5 Å². The van der Waals surface area contributed by atoms with Crippen molar-refractivity contribution in [3.8, 4) is 0 Å². The van der Waals surface area contributed by atoms with Crippen LogP contribution in [0.2, 0.25) is 0 Å². The molecule has 0 bridgehead atoms. The fraction of sp³-hybridized carbons (Fsp3) is 0.733. The lowest BCUT2D eigenvalue weighted by Gasteiger charge is -2.23. The molecule has 8 nitrogen and oxygen atoms in total. The van der Waals surface area contributed by atoms with Crippen LogP contribution in [0.4, 0.5) is 0 Å². The number of carboxylic acid groups (broad SMARTS) is 1. The molecule has 0 aliphatic rings. The standard InChI is InChI=1S/C15H27N3O5/c1-8(2)5-10(16)14(22)17-11(6-13(20)21)15(23)18-12(7-19)9(3)4/h7-12H,5-6,16H2,1-4H3,(H,17,22)(H,18,23)(H,20,21)/t10-,11-,12+/m0/s1. The molecule has 0 aromatic rings. The Morgan fingerprint density at radius 2 is 1.65 bits per heavy atom. The zero-order valence-electron chi connectivity index (χ0n) is 14.0. The normalized spacial score (nSPS) is 14.9. The molecule has 0 rings (SSSR count). The number of aliphatic carboxylic acids is 1. The SMILES string of the molecule is CC(C)C[C@H](N)C(=O)N[C@@H](CC(=O)O)C(=O)N[C@H](C=O)C(C)C. The van der Waals surface area contributed by atoms with Gasteiger partial charge in [-0.05, 0) is 18.3 Å². The summed E-state index contributed by atoms with van der Waals surface area (Å²) in [5.41, 5.74) is 5.73. The van der Waals surface area contributed by atoms with E-state index in [1.165, 1.54) is 0 Å². The molecule has 0 aliphatic carbocycles. The van der Waals surface area contributed by atoms with Crippen molar-refractivity contribution in [1.82, 2.24) is 10.6 Å². The van der Waals surface area contributed by atoms with Crippen molar-refractivity contribution in [3.05, 3.63) is 0 Å². The van der Waals surface area contributed by atoms with Crippen LogP contribution in [0.25, 0.3) is 0 Å². The summed E-state index contributed by atoms with van der Waals surface area (Å²) in [6.45, 7) is 7.27. The van der Waals surface area contributed by atoms with Gasteiger partial charge in [-0.2, -0.15) is 0 Å². The average molecular weight is 329 g/mol. The second kappa shape index (κ2) is 9.94. The van der Waals surface area contributed by atoms with Crippen LogP contribution < -0.4 is 16.4 Å². The van der Waals surface area contributed by atoms with Crippen LogP contribution in [0.15, 0.2) is 0 Å². The monoisotopic (exact) mass is 329 g/mol. The average Bonchev–Trinajstić information content (AvgIpc) is 2.41. The molecule has 132 valence electrons. The fourth-order valence-electron chi connectivity index (χ4n) is 1.90. The minimum atomic E-state index is -1.28. The van der Waals surface area contributed by atoms with Crippen molar-refractivity contribution in [2.45, 2.75) is 58.7 Å². The maximum atomic E-state index is 12.1. The Hall–Kier alpha value is -1.96. The Morgan fingerprint density at radius 1 is 1.09 bits per heavy atom. The maximum Gasteiger partial charge on any atom is 0.305 e. The highest BCUT2D eigenvalue weighted by Crippen LogP contribution is 2.05. The third-order valence-electron chi connectivity index (χ3n) is 3.25. The van der Waals surface area contributed by atoms with E-state index in [0.717, 1.165) is 0 Å². The van der Waals surface area contributed by atoms with Gasteiger partial charge in [-0.1, -0.05) is 27.7 Å². The molecule has 23 heavy (non-hydrogen) atoms. The van der Waals surface area contributed by atoms with Gasteiger partial charge in [0.1, 0.15) is 12.3 Å². The van der Waals surface area contributed by atoms with Crippen LogP contribution in [0.5, 0.6) is 0 Å². The van der Waals surface area contributed by atoms with Gasteiger partial charge >= 0.3 is 5.97 Å². The number of carboxylic acids is 1. The summed E-state index contributed by atoms with van der Waals surface area (Å²) in [6.07, 6.45) is 0.401. The predicted octanol–water partition coefficient (Wildman–Crippen LogP) is -0.341. The molecule has 0 saturated carbocycles. The number of carbonyl (C=O) groups excluding carboxylic acids is 3. The van der Waals surface area contributed by atoms with E-state index in [1.54, 1.807) is 13.8 Å². The van der Waals surface area contributed by atoms with Crippen molar-refractivity contribution >= 4 is 24.1 Å². The molecule has 5 N–H and O–H groups in total. The predicted molar refractivity (Wildman–Crippen MR) is 84.4 cm³/mol. The lowest BCUT2D eigenvalue weighted by atomic mass is 10.0. The van der Waals surface area contributed by atoms with Crippen LogP contribution in [-0.4, -0.2) is 47.3 Å². The van der Waals surface area contributed by atoms with E-state index in [-0.39, 0.29) is 11.8 Å². The van der Waals surface area contributed by atoms with E-state index in [1.807, 2.05) is 13.8 Å². The second-order valence-electron chi connectivity index (χ2n) is 6.31. The zero-order chi connectivity index (χ0) is 18.2. The number of aldehydes is 1. The molecule has 0 aromatic heterocycles. The fourth-order valence-corrected chi connectivity index (χ4v) is 1.90. The molecule has 0 fully saturated rings. The highest BCUT2D eigenvalue weighted by atomic mass is 16.4. The van der Waals surface area contributed by atoms with Crippen molar-refractivity contribution in [2.75, 3.05) is 0 Å². The lowest BCUT2D eigenvalue weighted by molar-refractivity contribution is -0.141. The second-order valence-corrected chi connectivity index (χ2v) is 6.31. The van der Waals surface area contributed by atoms with Gasteiger partial charge in [0.2, 0.25) is 11.8 Å². The third-order valence-corrected chi connectivity index (χ3v) is 3.25. The third kappa shape index (κ3) is 8.29. The molecule has 2 amide bonds.